The summed E-state index contributed by atoms with van der Waals surface area (Å²) in [4.78, 5) is 0. The molecule has 0 radical (unpaired) electrons. The summed E-state index contributed by atoms with van der Waals surface area (Å²) in [7, 11) is 0. The van der Waals surface area contributed by atoms with E-state index in [0.717, 1.165) is 5.37 Å². The first kappa shape index (κ1) is 9.93. The van der Waals surface area contributed by atoms with E-state index in [2.05, 4.69) is 12.2 Å². The molecule has 0 amide bonds. The maximum Gasteiger partial charge on any atom is 0.105 e. The van der Waals surface area contributed by atoms with E-state index in [9.17, 15) is 0 Å². The SMILES string of the molecule is N[C@@H](C=S)[C@@H](O)[C@H](O)CO. The summed E-state index contributed by atoms with van der Waals surface area (Å²) in [6, 6.07) is -0.767. The number of aliphatic hydroxyl groups is 3. The van der Waals surface area contributed by atoms with Gasteiger partial charge in [-0.05, 0) is 5.37 Å². The molecule has 0 saturated heterocycles. The summed E-state index contributed by atoms with van der Waals surface area (Å²) >= 11 is 4.42. The van der Waals surface area contributed by atoms with Crippen LogP contribution in [0.2, 0.25) is 0 Å². The Labute approximate surface area is 64.3 Å². The molecule has 5 heteroatoms. The average Bonchev–Trinajstić information content (AvgIpc) is 2.00. The molecule has 5 N–H and O–H groups in total. The number of hydrogen-bond donors (Lipinski definition) is 4. The highest BCUT2D eigenvalue weighted by Gasteiger charge is 2.20. The predicted molar refractivity (Wildman–Crippen MR) is 40.7 cm³/mol. The first-order valence-corrected chi connectivity index (χ1v) is 3.28. The highest BCUT2D eigenvalue weighted by Crippen LogP contribution is 1.94. The van der Waals surface area contributed by atoms with E-state index in [1.165, 1.54) is 0 Å². The van der Waals surface area contributed by atoms with Crippen molar-refractivity contribution in [1.29, 1.82) is 0 Å². The third-order valence-corrected chi connectivity index (χ3v) is 1.45. The lowest BCUT2D eigenvalue weighted by Gasteiger charge is -2.18. The molecule has 3 atom stereocenters. The van der Waals surface area contributed by atoms with Gasteiger partial charge in [-0.2, -0.15) is 0 Å². The standard InChI is InChI=1S/C5H11NO3S/c6-3(2-10)5(9)4(8)1-7/h2-5,7-9H,1,6H2/t3-,4+,5+/m0/s1. The van der Waals surface area contributed by atoms with Crippen LogP contribution in [-0.2, 0) is 0 Å². The second kappa shape index (κ2) is 4.70. The third kappa shape index (κ3) is 2.68. The van der Waals surface area contributed by atoms with E-state index in [1.54, 1.807) is 0 Å². The molecule has 0 rings (SSSR count). The minimum absolute atomic E-state index is 0.516. The van der Waals surface area contributed by atoms with Gasteiger partial charge in [-0.25, -0.2) is 0 Å². The van der Waals surface area contributed by atoms with Crippen LogP contribution in [-0.4, -0.2) is 45.5 Å². The van der Waals surface area contributed by atoms with Crippen LogP contribution in [0, 0.1) is 0 Å². The molecular formula is C5H11NO3S. The quantitative estimate of drug-likeness (QED) is 0.363. The number of thiocarbonyl (C=S) groups is 1. The molecule has 0 spiro atoms. The van der Waals surface area contributed by atoms with Crippen LogP contribution in [0.25, 0.3) is 0 Å². The van der Waals surface area contributed by atoms with Gasteiger partial charge in [0, 0.05) is 0 Å². The van der Waals surface area contributed by atoms with Gasteiger partial charge < -0.3 is 21.1 Å². The van der Waals surface area contributed by atoms with Crippen molar-refractivity contribution in [3.05, 3.63) is 0 Å². The van der Waals surface area contributed by atoms with Crippen molar-refractivity contribution in [3.8, 4) is 0 Å². The maximum atomic E-state index is 8.95. The number of nitrogens with two attached hydrogens (primary N) is 1. The summed E-state index contributed by atoms with van der Waals surface area (Å²) < 4.78 is 0. The van der Waals surface area contributed by atoms with Gasteiger partial charge in [0.05, 0.1) is 12.6 Å². The van der Waals surface area contributed by atoms with Crippen molar-refractivity contribution in [3.63, 3.8) is 0 Å². The zero-order valence-corrected chi connectivity index (χ0v) is 6.16. The monoisotopic (exact) mass is 165 g/mol. The Balaban J connectivity index is 3.80. The Morgan fingerprint density at radius 1 is 1.50 bits per heavy atom. The zero-order chi connectivity index (χ0) is 8.15. The Hall–Kier alpha value is -0.0700. The fraction of sp³-hybridized carbons (Fsp3) is 0.800. The third-order valence-electron chi connectivity index (χ3n) is 1.13. The van der Waals surface area contributed by atoms with Gasteiger partial charge in [-0.1, -0.05) is 12.2 Å². The smallest absolute Gasteiger partial charge is 0.105 e. The van der Waals surface area contributed by atoms with Crippen LogP contribution in [0.1, 0.15) is 0 Å². The summed E-state index contributed by atoms with van der Waals surface area (Å²) in [5.74, 6) is 0. The molecule has 0 aliphatic carbocycles. The van der Waals surface area contributed by atoms with E-state index >= 15 is 0 Å². The first-order chi connectivity index (χ1) is 4.63. The van der Waals surface area contributed by atoms with Crippen molar-refractivity contribution in [2.75, 3.05) is 6.61 Å². The van der Waals surface area contributed by atoms with Crippen molar-refractivity contribution >= 4 is 17.6 Å². The van der Waals surface area contributed by atoms with E-state index in [0.29, 0.717) is 0 Å². The maximum absolute atomic E-state index is 8.95. The molecule has 0 aromatic heterocycles. The molecule has 0 saturated carbocycles. The van der Waals surface area contributed by atoms with Crippen molar-refractivity contribution in [1.82, 2.24) is 0 Å². The van der Waals surface area contributed by atoms with Crippen molar-refractivity contribution in [2.45, 2.75) is 18.2 Å². The molecule has 0 heterocycles. The molecule has 0 bridgehead atoms. The second-order valence-electron chi connectivity index (χ2n) is 1.95. The van der Waals surface area contributed by atoms with Gasteiger partial charge in [-0.3, -0.25) is 0 Å². The lowest BCUT2D eigenvalue weighted by atomic mass is 10.1. The molecule has 4 nitrogen and oxygen atoms in total. The largest absolute Gasteiger partial charge is 0.394 e. The van der Waals surface area contributed by atoms with Gasteiger partial charge in [-0.15, -0.1) is 0 Å². The fourth-order valence-corrected chi connectivity index (χ4v) is 0.606. The van der Waals surface area contributed by atoms with Crippen LogP contribution in [0.15, 0.2) is 0 Å². The minimum Gasteiger partial charge on any atom is -0.394 e. The predicted octanol–water partition coefficient (Wildman–Crippen LogP) is -1.97. The molecule has 0 fully saturated rings. The first-order valence-electron chi connectivity index (χ1n) is 2.81. The average molecular weight is 165 g/mol. The normalized spacial score (nSPS) is 19.6. The Kier molecular flexibility index (Phi) is 4.67. The van der Waals surface area contributed by atoms with Gasteiger partial charge in [0.2, 0.25) is 0 Å². The molecule has 0 aliphatic heterocycles. The van der Waals surface area contributed by atoms with E-state index < -0.39 is 24.9 Å². The molecule has 0 aromatic rings. The minimum atomic E-state index is -1.21. The number of rotatable bonds is 4. The zero-order valence-electron chi connectivity index (χ0n) is 5.34. The highest BCUT2D eigenvalue weighted by atomic mass is 32.1. The Morgan fingerprint density at radius 2 is 2.00 bits per heavy atom. The van der Waals surface area contributed by atoms with Gasteiger partial charge in [0.25, 0.3) is 0 Å². The number of hydrogen-bond acceptors (Lipinski definition) is 5. The second-order valence-corrected chi connectivity index (χ2v) is 2.23. The lowest BCUT2D eigenvalue weighted by Crippen LogP contribution is -2.45. The topological polar surface area (TPSA) is 86.7 Å². The molecule has 0 aromatic carbocycles. The summed E-state index contributed by atoms with van der Waals surface area (Å²) in [5, 5.41) is 27.2. The highest BCUT2D eigenvalue weighted by molar-refractivity contribution is 7.79. The molecule has 0 unspecified atom stereocenters. The van der Waals surface area contributed by atoms with Gasteiger partial charge in [0.1, 0.15) is 12.2 Å². The van der Waals surface area contributed by atoms with Crippen LogP contribution >= 0.6 is 12.2 Å². The molecule has 60 valence electrons. The summed E-state index contributed by atoms with van der Waals surface area (Å²) in [6.07, 6.45) is -2.39. The number of aliphatic hydroxyl groups excluding tert-OH is 3. The van der Waals surface area contributed by atoms with Crippen molar-refractivity contribution < 1.29 is 15.3 Å². The molecular weight excluding hydrogens is 154 g/mol. The lowest BCUT2D eigenvalue weighted by molar-refractivity contribution is -0.0157. The molecule has 10 heavy (non-hydrogen) atoms. The summed E-state index contributed by atoms with van der Waals surface area (Å²) in [5.41, 5.74) is 5.21. The van der Waals surface area contributed by atoms with Crippen molar-refractivity contribution in [2.24, 2.45) is 5.73 Å². The fourth-order valence-electron chi connectivity index (χ4n) is 0.445. The summed E-state index contributed by atoms with van der Waals surface area (Å²) in [6.45, 7) is -0.516. The van der Waals surface area contributed by atoms with Crippen LogP contribution in [0.3, 0.4) is 0 Å². The Morgan fingerprint density at radius 3 is 2.30 bits per heavy atom. The van der Waals surface area contributed by atoms with E-state index in [4.69, 9.17) is 21.1 Å². The Bertz CT molecular complexity index is 111. The van der Waals surface area contributed by atoms with E-state index in [1.807, 2.05) is 0 Å². The van der Waals surface area contributed by atoms with Crippen LogP contribution in [0.5, 0.6) is 0 Å². The van der Waals surface area contributed by atoms with Crippen LogP contribution in [0.4, 0.5) is 0 Å². The van der Waals surface area contributed by atoms with Gasteiger partial charge >= 0.3 is 0 Å². The van der Waals surface area contributed by atoms with E-state index in [-0.39, 0.29) is 0 Å². The van der Waals surface area contributed by atoms with Crippen LogP contribution < -0.4 is 5.73 Å². The molecule has 0 aliphatic rings. The van der Waals surface area contributed by atoms with Gasteiger partial charge in [0.15, 0.2) is 0 Å².